The third-order valence-electron chi connectivity index (χ3n) is 5.88. The van der Waals surface area contributed by atoms with Gasteiger partial charge in [-0.2, -0.15) is 4.57 Å². The van der Waals surface area contributed by atoms with Gasteiger partial charge in [0, 0.05) is 35.1 Å². The van der Waals surface area contributed by atoms with E-state index in [0.29, 0.717) is 10.7 Å². The molecule has 0 bridgehead atoms. The number of fused-ring (bicyclic) bond motifs is 2. The second kappa shape index (κ2) is 9.95. The van der Waals surface area contributed by atoms with Crippen LogP contribution >= 0.6 is 34.4 Å². The maximum Gasteiger partial charge on any atom is 0.353 e. The number of anilines is 1. The number of allylic oxidation sites excluding steroid dienone is 2. The zero-order valence-corrected chi connectivity index (χ0v) is 22.0. The Morgan fingerprint density at radius 3 is 2.89 bits per heavy atom. The highest BCUT2D eigenvalue weighted by Crippen LogP contribution is 2.40. The first-order valence-corrected chi connectivity index (χ1v) is 13.7. The lowest BCUT2D eigenvalue weighted by atomic mass is 9.94. The molecule has 5 rings (SSSR count). The van der Waals surface area contributed by atoms with Crippen molar-refractivity contribution in [1.82, 2.24) is 15.2 Å². The van der Waals surface area contributed by atoms with Crippen LogP contribution in [-0.2, 0) is 19.2 Å². The fraction of sp³-hybridized carbons (Fsp3) is 0.217. The molecule has 4 N–H and O–H groups in total. The van der Waals surface area contributed by atoms with Gasteiger partial charge in [-0.25, -0.2) is 9.78 Å². The van der Waals surface area contributed by atoms with Crippen LogP contribution in [0.25, 0.3) is 15.9 Å². The molecule has 0 aromatic carbocycles. The molecule has 190 valence electrons. The van der Waals surface area contributed by atoms with Crippen LogP contribution in [0.3, 0.4) is 0 Å². The Morgan fingerprint density at radius 2 is 2.19 bits per heavy atom. The number of pyridine rings is 1. The van der Waals surface area contributed by atoms with Gasteiger partial charge in [-0.05, 0) is 17.5 Å². The number of thiazole rings is 1. The standard InChI is InChI=1S/C23H20N6O5S3/c1-11(28-6-3-4-12-5-7-35-21(12)28)8-15-18(22(32)33)29-14(10-36-15)17(20(29)31)26-19(30)16(27-34-2)13-9-37-23(24)25-13/h3-9,14,17H,10H2,1-2H3,(H3-,24,25,26,30,32,33)/p+1/b11-8+,27-16?. The zero-order chi connectivity index (χ0) is 26.3. The predicted octanol–water partition coefficient (Wildman–Crippen LogP) is 1.88. The molecule has 2 atom stereocenters. The number of nitrogens with two attached hydrogens (primary N) is 1. The lowest BCUT2D eigenvalue weighted by molar-refractivity contribution is -0.550. The van der Waals surface area contributed by atoms with Gasteiger partial charge in [-0.3, -0.25) is 14.5 Å². The maximum absolute atomic E-state index is 13.1. The average Bonchev–Trinajstić information content (AvgIpc) is 3.53. The molecule has 2 unspecified atom stereocenters. The number of thioether (sulfide) groups is 1. The number of nitrogen functional groups attached to an aromatic ring is 1. The highest BCUT2D eigenvalue weighted by atomic mass is 32.2. The van der Waals surface area contributed by atoms with E-state index in [4.69, 9.17) is 10.6 Å². The van der Waals surface area contributed by atoms with E-state index in [1.807, 2.05) is 41.3 Å². The molecule has 2 aliphatic rings. The molecule has 0 radical (unpaired) electrons. The number of nitrogens with zero attached hydrogens (tertiary/aromatic N) is 4. The van der Waals surface area contributed by atoms with E-state index < -0.39 is 29.9 Å². The van der Waals surface area contributed by atoms with E-state index in [0.717, 1.165) is 27.3 Å². The Hall–Kier alpha value is -3.75. The highest BCUT2D eigenvalue weighted by molar-refractivity contribution is 8.03. The third-order valence-corrected chi connectivity index (χ3v) is 8.61. The van der Waals surface area contributed by atoms with Crippen molar-refractivity contribution >= 4 is 79.0 Å². The minimum absolute atomic E-state index is 0.104. The van der Waals surface area contributed by atoms with Crippen LogP contribution in [0.15, 0.2) is 57.0 Å². The molecule has 3 aromatic heterocycles. The molecule has 1 saturated heterocycles. The van der Waals surface area contributed by atoms with Gasteiger partial charge in [0.15, 0.2) is 22.7 Å². The van der Waals surface area contributed by atoms with Crippen LogP contribution < -0.4 is 15.6 Å². The molecule has 37 heavy (non-hydrogen) atoms. The van der Waals surface area contributed by atoms with Gasteiger partial charge in [-0.15, -0.1) is 23.1 Å². The van der Waals surface area contributed by atoms with Gasteiger partial charge in [0.05, 0.1) is 11.4 Å². The molecule has 0 aliphatic carbocycles. The normalized spacial score (nSPS) is 20.1. The first-order chi connectivity index (χ1) is 17.8. The molecule has 2 aliphatic heterocycles. The van der Waals surface area contributed by atoms with Crippen LogP contribution in [0.5, 0.6) is 0 Å². The van der Waals surface area contributed by atoms with Crippen molar-refractivity contribution in [1.29, 1.82) is 0 Å². The smallest absolute Gasteiger partial charge is 0.353 e. The largest absolute Gasteiger partial charge is 0.477 e. The Kier molecular flexibility index (Phi) is 6.70. The maximum atomic E-state index is 13.1. The number of carbonyl (C=O) groups excluding carboxylic acids is 2. The summed E-state index contributed by atoms with van der Waals surface area (Å²) < 4.78 is 1.99. The van der Waals surface area contributed by atoms with Gasteiger partial charge >= 0.3 is 5.97 Å². The van der Waals surface area contributed by atoms with Crippen molar-refractivity contribution in [3.05, 3.63) is 57.5 Å². The van der Waals surface area contributed by atoms with Crippen LogP contribution in [0.1, 0.15) is 12.6 Å². The highest BCUT2D eigenvalue weighted by Gasteiger charge is 2.54. The number of β-lactam (4-membered cyclic amide) rings is 1. The van der Waals surface area contributed by atoms with Crippen molar-refractivity contribution in [2.75, 3.05) is 18.6 Å². The van der Waals surface area contributed by atoms with Gasteiger partial charge in [-0.1, -0.05) is 16.5 Å². The number of thiophene rings is 1. The Labute approximate surface area is 222 Å². The molecular weight excluding hydrogens is 536 g/mol. The molecule has 0 saturated carbocycles. The minimum Gasteiger partial charge on any atom is -0.477 e. The van der Waals surface area contributed by atoms with Crippen LogP contribution in [0.4, 0.5) is 5.13 Å². The minimum atomic E-state index is -1.21. The predicted molar refractivity (Wildman–Crippen MR) is 142 cm³/mol. The first kappa shape index (κ1) is 24.9. The number of carbonyl (C=O) groups is 3. The summed E-state index contributed by atoms with van der Waals surface area (Å²) in [5.74, 6) is -1.99. The summed E-state index contributed by atoms with van der Waals surface area (Å²) in [6.45, 7) is 1.89. The lowest BCUT2D eigenvalue weighted by Gasteiger charge is -2.49. The second-order valence-electron chi connectivity index (χ2n) is 8.09. The number of carboxylic acid groups (broad SMARTS) is 1. The van der Waals surface area contributed by atoms with Gasteiger partial charge in [0.25, 0.3) is 16.6 Å². The number of rotatable bonds is 7. The molecule has 1 fully saturated rings. The third kappa shape index (κ3) is 4.47. The summed E-state index contributed by atoms with van der Waals surface area (Å²) in [6, 6.07) is 4.52. The summed E-state index contributed by atoms with van der Waals surface area (Å²) in [5.41, 5.74) is 6.46. The summed E-state index contributed by atoms with van der Waals surface area (Å²) in [4.78, 5) is 49.8. The number of nitrogens with one attached hydrogen (secondary N) is 1. The van der Waals surface area contributed by atoms with Gasteiger partial charge < -0.3 is 21.0 Å². The Bertz CT molecular complexity index is 1520. The average molecular weight is 558 g/mol. The molecule has 2 amide bonds. The Balaban J connectivity index is 1.40. The molecule has 3 aromatic rings. The number of carboxylic acids is 1. The number of amides is 2. The molecule has 5 heterocycles. The second-order valence-corrected chi connectivity index (χ2v) is 10.9. The number of hydrogen-bond acceptors (Lipinski definition) is 10. The number of aromatic nitrogens is 2. The molecule has 14 heteroatoms. The molecule has 0 spiro atoms. The summed E-state index contributed by atoms with van der Waals surface area (Å²) >= 11 is 4.05. The fourth-order valence-electron chi connectivity index (χ4n) is 4.20. The molecule has 11 nitrogen and oxygen atoms in total. The van der Waals surface area contributed by atoms with Crippen molar-refractivity contribution in [3.8, 4) is 0 Å². The SMILES string of the molecule is CON=C(C(=O)NC1C(=O)N2C(C(=O)O)=C(/C=C(\C)[n+]3cccc4ccsc43)SCC12)c1csc(N)n1. The van der Waals surface area contributed by atoms with Crippen LogP contribution in [-0.4, -0.2) is 63.4 Å². The lowest BCUT2D eigenvalue weighted by Crippen LogP contribution is -2.73. The quantitative estimate of drug-likeness (QED) is 0.172. The van der Waals surface area contributed by atoms with Crippen molar-refractivity contribution in [2.24, 2.45) is 5.16 Å². The van der Waals surface area contributed by atoms with Crippen molar-refractivity contribution in [3.63, 3.8) is 0 Å². The summed E-state index contributed by atoms with van der Waals surface area (Å²) in [6.07, 6.45) is 3.69. The number of hydrogen-bond donors (Lipinski definition) is 3. The first-order valence-electron chi connectivity index (χ1n) is 10.9. The van der Waals surface area contributed by atoms with E-state index in [9.17, 15) is 19.5 Å². The van der Waals surface area contributed by atoms with E-state index >= 15 is 0 Å². The van der Waals surface area contributed by atoms with Gasteiger partial charge in [0.1, 0.15) is 24.5 Å². The van der Waals surface area contributed by atoms with Crippen molar-refractivity contribution in [2.45, 2.75) is 19.0 Å². The van der Waals surface area contributed by atoms with E-state index in [-0.39, 0.29) is 22.2 Å². The summed E-state index contributed by atoms with van der Waals surface area (Å²) in [5, 5.41) is 21.3. The van der Waals surface area contributed by atoms with E-state index in [2.05, 4.69) is 15.5 Å². The Morgan fingerprint density at radius 1 is 1.38 bits per heavy atom. The monoisotopic (exact) mass is 557 g/mol. The summed E-state index contributed by atoms with van der Waals surface area (Å²) in [7, 11) is 1.29. The van der Waals surface area contributed by atoms with Crippen LogP contribution in [0, 0.1) is 0 Å². The number of aliphatic carboxylic acids is 1. The number of oxime groups is 1. The van der Waals surface area contributed by atoms with E-state index in [1.54, 1.807) is 22.8 Å². The van der Waals surface area contributed by atoms with Gasteiger partial charge in [0.2, 0.25) is 0 Å². The van der Waals surface area contributed by atoms with E-state index in [1.165, 1.54) is 23.8 Å². The topological polar surface area (TPSA) is 151 Å². The van der Waals surface area contributed by atoms with Crippen LogP contribution in [0.2, 0.25) is 0 Å². The fourth-order valence-corrected chi connectivity index (χ4v) is 6.95. The van der Waals surface area contributed by atoms with Crippen molar-refractivity contribution < 1.29 is 28.9 Å². The zero-order valence-electron chi connectivity index (χ0n) is 19.6. The molecular formula is C23H21N6O5S3+.